The molecule has 0 aliphatic heterocycles. The van der Waals surface area contributed by atoms with Gasteiger partial charge in [0.2, 0.25) is 0 Å². The molecule has 0 aromatic carbocycles. The minimum Gasteiger partial charge on any atom is -0.393 e. The van der Waals surface area contributed by atoms with E-state index in [4.69, 9.17) is 9.47 Å². The van der Waals surface area contributed by atoms with Crippen LogP contribution in [0.4, 0.5) is 0 Å². The minimum absolute atomic E-state index is 0.171. The van der Waals surface area contributed by atoms with Crippen molar-refractivity contribution >= 4 is 0 Å². The molecule has 1 N–H and O–H groups in total. The lowest BCUT2D eigenvalue weighted by Gasteiger charge is -2.22. The van der Waals surface area contributed by atoms with Gasteiger partial charge in [-0.2, -0.15) is 0 Å². The molecule has 0 spiro atoms. The summed E-state index contributed by atoms with van der Waals surface area (Å²) in [7, 11) is 3.22. The van der Waals surface area contributed by atoms with Crippen molar-refractivity contribution in [2.75, 3.05) is 14.2 Å². The van der Waals surface area contributed by atoms with Gasteiger partial charge >= 0.3 is 0 Å². The van der Waals surface area contributed by atoms with Crippen LogP contribution in [-0.4, -0.2) is 31.7 Å². The first-order valence-corrected chi connectivity index (χ1v) is 4.03. The lowest BCUT2D eigenvalue weighted by Crippen LogP contribution is -2.30. The van der Waals surface area contributed by atoms with E-state index in [0.717, 1.165) is 19.3 Å². The van der Waals surface area contributed by atoms with Crippen molar-refractivity contribution in [2.24, 2.45) is 5.92 Å². The van der Waals surface area contributed by atoms with Crippen molar-refractivity contribution in [3.63, 3.8) is 0 Å². The van der Waals surface area contributed by atoms with Gasteiger partial charge in [0.1, 0.15) is 0 Å². The molecule has 1 rings (SSSR count). The van der Waals surface area contributed by atoms with Gasteiger partial charge < -0.3 is 14.6 Å². The van der Waals surface area contributed by atoms with Gasteiger partial charge in [-0.3, -0.25) is 0 Å². The molecular formula is C8H16O3. The van der Waals surface area contributed by atoms with Crippen molar-refractivity contribution in [2.45, 2.75) is 31.7 Å². The Bertz CT molecular complexity index is 112. The molecule has 0 radical (unpaired) electrons. The van der Waals surface area contributed by atoms with Crippen molar-refractivity contribution in [1.29, 1.82) is 0 Å². The van der Waals surface area contributed by atoms with E-state index in [1.165, 1.54) is 0 Å². The molecule has 1 aliphatic rings. The SMILES string of the molecule is COC(OC)[C@H]1CCC[C@@H]1O. The second-order valence-electron chi connectivity index (χ2n) is 3.00. The summed E-state index contributed by atoms with van der Waals surface area (Å²) in [5.41, 5.74) is 0. The number of methoxy groups -OCH3 is 2. The van der Waals surface area contributed by atoms with Crippen molar-refractivity contribution < 1.29 is 14.6 Å². The minimum atomic E-state index is -0.236. The first kappa shape index (κ1) is 8.97. The maximum Gasteiger partial charge on any atom is 0.162 e. The smallest absolute Gasteiger partial charge is 0.162 e. The molecule has 3 heteroatoms. The van der Waals surface area contributed by atoms with E-state index in [2.05, 4.69) is 0 Å². The van der Waals surface area contributed by atoms with Crippen molar-refractivity contribution in [1.82, 2.24) is 0 Å². The highest BCUT2D eigenvalue weighted by Crippen LogP contribution is 2.29. The van der Waals surface area contributed by atoms with Gasteiger partial charge in [0.25, 0.3) is 0 Å². The third-order valence-electron chi connectivity index (χ3n) is 2.35. The molecule has 11 heavy (non-hydrogen) atoms. The van der Waals surface area contributed by atoms with Crippen LogP contribution < -0.4 is 0 Å². The van der Waals surface area contributed by atoms with Gasteiger partial charge in [0, 0.05) is 20.1 Å². The van der Waals surface area contributed by atoms with Crippen LogP contribution in [0.5, 0.6) is 0 Å². The van der Waals surface area contributed by atoms with Gasteiger partial charge in [0.05, 0.1) is 6.10 Å². The van der Waals surface area contributed by atoms with E-state index in [-0.39, 0.29) is 18.3 Å². The molecule has 0 aromatic heterocycles. The Labute approximate surface area is 67.3 Å². The number of aliphatic hydroxyl groups excluding tert-OH is 1. The van der Waals surface area contributed by atoms with Crippen LogP contribution in [-0.2, 0) is 9.47 Å². The maximum atomic E-state index is 9.46. The maximum absolute atomic E-state index is 9.46. The molecular weight excluding hydrogens is 144 g/mol. The lowest BCUT2D eigenvalue weighted by atomic mass is 10.1. The molecule has 66 valence electrons. The summed E-state index contributed by atoms with van der Waals surface area (Å²) in [6, 6.07) is 0. The Morgan fingerprint density at radius 1 is 1.27 bits per heavy atom. The van der Waals surface area contributed by atoms with Crippen LogP contribution in [0.15, 0.2) is 0 Å². The molecule has 0 unspecified atom stereocenters. The van der Waals surface area contributed by atoms with Gasteiger partial charge in [-0.25, -0.2) is 0 Å². The fourth-order valence-electron chi connectivity index (χ4n) is 1.73. The molecule has 0 saturated heterocycles. The number of aliphatic hydroxyl groups is 1. The van der Waals surface area contributed by atoms with Crippen molar-refractivity contribution in [3.8, 4) is 0 Å². The van der Waals surface area contributed by atoms with Gasteiger partial charge in [0.15, 0.2) is 6.29 Å². The summed E-state index contributed by atoms with van der Waals surface area (Å²) >= 11 is 0. The highest BCUT2D eigenvalue weighted by atomic mass is 16.7. The van der Waals surface area contributed by atoms with Crippen LogP contribution in [0.3, 0.4) is 0 Å². The Kier molecular flexibility index (Phi) is 3.30. The zero-order chi connectivity index (χ0) is 8.27. The molecule has 1 aliphatic carbocycles. The molecule has 3 nitrogen and oxygen atoms in total. The number of ether oxygens (including phenoxy) is 2. The Balaban J connectivity index is 2.43. The molecule has 0 bridgehead atoms. The Morgan fingerprint density at radius 2 is 1.91 bits per heavy atom. The van der Waals surface area contributed by atoms with E-state index in [1.807, 2.05) is 0 Å². The third kappa shape index (κ3) is 1.92. The van der Waals surface area contributed by atoms with E-state index >= 15 is 0 Å². The van der Waals surface area contributed by atoms with E-state index in [1.54, 1.807) is 14.2 Å². The molecule has 0 heterocycles. The topological polar surface area (TPSA) is 38.7 Å². The summed E-state index contributed by atoms with van der Waals surface area (Å²) in [5.74, 6) is 0.171. The first-order chi connectivity index (χ1) is 5.29. The zero-order valence-electron chi connectivity index (χ0n) is 7.12. The summed E-state index contributed by atoms with van der Waals surface area (Å²) < 4.78 is 10.1. The van der Waals surface area contributed by atoms with E-state index in [9.17, 15) is 5.11 Å². The fourth-order valence-corrected chi connectivity index (χ4v) is 1.73. The predicted molar refractivity (Wildman–Crippen MR) is 41.2 cm³/mol. The molecule has 2 atom stereocenters. The van der Waals surface area contributed by atoms with Crippen LogP contribution in [0.2, 0.25) is 0 Å². The van der Waals surface area contributed by atoms with Gasteiger partial charge in [-0.15, -0.1) is 0 Å². The van der Waals surface area contributed by atoms with Crippen LogP contribution in [0.25, 0.3) is 0 Å². The quantitative estimate of drug-likeness (QED) is 0.620. The first-order valence-electron chi connectivity index (χ1n) is 4.03. The molecule has 1 fully saturated rings. The van der Waals surface area contributed by atoms with Gasteiger partial charge in [-0.05, 0) is 12.8 Å². The van der Waals surface area contributed by atoms with Gasteiger partial charge in [-0.1, -0.05) is 6.42 Å². The van der Waals surface area contributed by atoms with E-state index in [0.29, 0.717) is 0 Å². The summed E-state index contributed by atoms with van der Waals surface area (Å²) in [6.07, 6.45) is 2.50. The average Bonchev–Trinajstić information content (AvgIpc) is 2.40. The summed E-state index contributed by atoms with van der Waals surface area (Å²) in [4.78, 5) is 0. The third-order valence-corrected chi connectivity index (χ3v) is 2.35. The Morgan fingerprint density at radius 3 is 2.27 bits per heavy atom. The number of hydrogen-bond donors (Lipinski definition) is 1. The fraction of sp³-hybridized carbons (Fsp3) is 1.00. The number of hydrogen-bond acceptors (Lipinski definition) is 3. The second kappa shape index (κ2) is 4.04. The van der Waals surface area contributed by atoms with Crippen LogP contribution >= 0.6 is 0 Å². The summed E-state index contributed by atoms with van der Waals surface area (Å²) in [6.45, 7) is 0. The van der Waals surface area contributed by atoms with E-state index < -0.39 is 0 Å². The average molecular weight is 160 g/mol. The second-order valence-corrected chi connectivity index (χ2v) is 3.00. The Hall–Kier alpha value is -0.120. The predicted octanol–water partition coefficient (Wildman–Crippen LogP) is 0.766. The standard InChI is InChI=1S/C8H16O3/c1-10-8(11-2)6-4-3-5-7(6)9/h6-9H,3-5H2,1-2H3/t6-,7-/m0/s1. The monoisotopic (exact) mass is 160 g/mol. The largest absolute Gasteiger partial charge is 0.393 e. The molecule has 0 aromatic rings. The molecule has 0 amide bonds. The zero-order valence-corrected chi connectivity index (χ0v) is 7.12. The normalized spacial score (nSPS) is 31.6. The lowest BCUT2D eigenvalue weighted by molar-refractivity contribution is -0.154. The van der Waals surface area contributed by atoms with Crippen LogP contribution in [0, 0.1) is 5.92 Å². The van der Waals surface area contributed by atoms with Crippen LogP contribution in [0.1, 0.15) is 19.3 Å². The molecule has 1 saturated carbocycles. The number of rotatable bonds is 3. The summed E-state index contributed by atoms with van der Waals surface area (Å²) in [5, 5.41) is 9.46. The highest BCUT2D eigenvalue weighted by Gasteiger charge is 2.32. The highest BCUT2D eigenvalue weighted by molar-refractivity contribution is 4.78. The van der Waals surface area contributed by atoms with Crippen molar-refractivity contribution in [3.05, 3.63) is 0 Å².